The van der Waals surface area contributed by atoms with E-state index in [0.29, 0.717) is 5.56 Å². The molecule has 1 aliphatic heterocycles. The van der Waals surface area contributed by atoms with Gasteiger partial charge in [-0.05, 0) is 29.3 Å². The zero-order chi connectivity index (χ0) is 16.4. The van der Waals surface area contributed by atoms with E-state index in [0.717, 1.165) is 5.56 Å². The summed E-state index contributed by atoms with van der Waals surface area (Å²) in [6, 6.07) is 9.73. The molecule has 0 saturated heterocycles. The molecule has 1 aliphatic rings. The first-order valence-corrected chi connectivity index (χ1v) is 8.54. The Kier molecular flexibility index (Phi) is 4.14. The fraction of sp³-hybridized carbons (Fsp3) is 0.250. The Labute approximate surface area is 134 Å². The summed E-state index contributed by atoms with van der Waals surface area (Å²) in [6.07, 6.45) is 3.21. The van der Waals surface area contributed by atoms with E-state index in [1.807, 2.05) is 0 Å². The average Bonchev–Trinajstić information content (AvgIpc) is 2.77. The lowest BCUT2D eigenvalue weighted by Crippen LogP contribution is -2.29. The Morgan fingerprint density at radius 1 is 1.22 bits per heavy atom. The van der Waals surface area contributed by atoms with E-state index in [-0.39, 0.29) is 17.9 Å². The van der Waals surface area contributed by atoms with Crippen molar-refractivity contribution in [2.75, 3.05) is 7.11 Å². The van der Waals surface area contributed by atoms with Crippen LogP contribution in [0.2, 0.25) is 0 Å². The van der Waals surface area contributed by atoms with E-state index < -0.39 is 22.0 Å². The summed E-state index contributed by atoms with van der Waals surface area (Å²) >= 11 is 0. The van der Waals surface area contributed by atoms with Crippen LogP contribution < -0.4 is 0 Å². The zero-order valence-corrected chi connectivity index (χ0v) is 13.4. The van der Waals surface area contributed by atoms with Gasteiger partial charge in [0.1, 0.15) is 0 Å². The molecule has 0 aliphatic carbocycles. The molecule has 120 valence electrons. The first-order valence-electron chi connectivity index (χ1n) is 7.10. The number of sulfonamides is 1. The van der Waals surface area contributed by atoms with Crippen molar-refractivity contribution in [2.45, 2.75) is 23.9 Å². The fourth-order valence-electron chi connectivity index (χ4n) is 2.76. The topological polar surface area (TPSA) is 76.6 Å². The predicted octanol–water partition coefficient (Wildman–Crippen LogP) is 1.89. The number of hydrogen-bond acceptors (Lipinski definition) is 5. The molecule has 1 aromatic heterocycles. The van der Waals surface area contributed by atoms with Crippen LogP contribution >= 0.6 is 0 Å². The van der Waals surface area contributed by atoms with Crippen molar-refractivity contribution in [3.63, 3.8) is 0 Å². The number of pyridine rings is 1. The summed E-state index contributed by atoms with van der Waals surface area (Å²) in [7, 11) is -2.35. The van der Waals surface area contributed by atoms with E-state index in [1.54, 1.807) is 48.8 Å². The molecular formula is C16H16N2O4S. The van der Waals surface area contributed by atoms with Gasteiger partial charge in [0, 0.05) is 18.9 Å². The lowest BCUT2D eigenvalue weighted by Gasteiger charge is -2.22. The number of methoxy groups -OCH3 is 1. The van der Waals surface area contributed by atoms with Gasteiger partial charge in [0.2, 0.25) is 10.0 Å². The molecule has 1 atom stereocenters. The molecular weight excluding hydrogens is 316 g/mol. The molecule has 2 aromatic rings. The number of rotatable bonds is 4. The number of fused-ring (bicyclic) bond motifs is 1. The highest BCUT2D eigenvalue weighted by Crippen LogP contribution is 2.42. The Morgan fingerprint density at radius 2 is 1.91 bits per heavy atom. The predicted molar refractivity (Wildman–Crippen MR) is 82.8 cm³/mol. The maximum absolute atomic E-state index is 12.8. The summed E-state index contributed by atoms with van der Waals surface area (Å²) < 4.78 is 31.7. The second-order valence-corrected chi connectivity index (χ2v) is 7.10. The van der Waals surface area contributed by atoms with Gasteiger partial charge >= 0.3 is 5.97 Å². The number of ether oxygens (including phenoxy) is 1. The maximum Gasteiger partial charge on any atom is 0.307 e. The molecule has 0 N–H and O–H groups in total. The zero-order valence-electron chi connectivity index (χ0n) is 12.5. The minimum atomic E-state index is -3.64. The summed E-state index contributed by atoms with van der Waals surface area (Å²) in [6.45, 7) is 0.182. The molecule has 0 fully saturated rings. The summed E-state index contributed by atoms with van der Waals surface area (Å²) in [5.41, 5.74) is 1.44. The third kappa shape index (κ3) is 2.85. The number of hydrogen-bond donors (Lipinski definition) is 0. The lowest BCUT2D eigenvalue weighted by molar-refractivity contribution is -0.141. The number of esters is 1. The smallest absolute Gasteiger partial charge is 0.307 e. The molecule has 2 heterocycles. The van der Waals surface area contributed by atoms with E-state index >= 15 is 0 Å². The fourth-order valence-corrected chi connectivity index (χ4v) is 4.60. The van der Waals surface area contributed by atoms with Crippen LogP contribution in [0.4, 0.5) is 0 Å². The lowest BCUT2D eigenvalue weighted by atomic mass is 10.0. The number of nitrogens with zero attached hydrogens (tertiary/aromatic N) is 2. The normalized spacial score (nSPS) is 19.3. The van der Waals surface area contributed by atoms with Crippen LogP contribution in [0.5, 0.6) is 0 Å². The van der Waals surface area contributed by atoms with Gasteiger partial charge in [-0.25, -0.2) is 8.42 Å². The highest BCUT2D eigenvalue weighted by Gasteiger charge is 2.43. The first kappa shape index (κ1) is 15.6. The van der Waals surface area contributed by atoms with Crippen LogP contribution in [0.25, 0.3) is 0 Å². The molecule has 6 nitrogen and oxygen atoms in total. The molecule has 1 aromatic carbocycles. The van der Waals surface area contributed by atoms with Crippen LogP contribution in [-0.4, -0.2) is 30.8 Å². The van der Waals surface area contributed by atoms with Crippen molar-refractivity contribution in [1.82, 2.24) is 9.29 Å². The highest BCUT2D eigenvalue weighted by atomic mass is 32.2. The van der Waals surface area contributed by atoms with Gasteiger partial charge in [0.25, 0.3) is 0 Å². The molecule has 0 spiro atoms. The highest BCUT2D eigenvalue weighted by molar-refractivity contribution is 7.89. The summed E-state index contributed by atoms with van der Waals surface area (Å²) in [4.78, 5) is 15.9. The van der Waals surface area contributed by atoms with Crippen molar-refractivity contribution < 1.29 is 17.9 Å². The van der Waals surface area contributed by atoms with Crippen molar-refractivity contribution >= 4 is 16.0 Å². The van der Waals surface area contributed by atoms with Crippen LogP contribution in [0.1, 0.15) is 23.6 Å². The number of carbonyl (C=O) groups is 1. The average molecular weight is 332 g/mol. The maximum atomic E-state index is 12.8. The van der Waals surface area contributed by atoms with Gasteiger partial charge in [-0.2, -0.15) is 4.31 Å². The Bertz CT molecular complexity index is 821. The van der Waals surface area contributed by atoms with Crippen LogP contribution in [0, 0.1) is 0 Å². The van der Waals surface area contributed by atoms with Gasteiger partial charge in [0.15, 0.2) is 0 Å². The standard InChI is InChI=1S/C16H16N2O4S/c1-22-16(19)10-14-13-4-2-3-5-15(13)23(20,21)18(14)11-12-6-8-17-9-7-12/h2-9,14H,10-11H2,1H3/t14-/m0/s1. The van der Waals surface area contributed by atoms with E-state index in [9.17, 15) is 13.2 Å². The van der Waals surface area contributed by atoms with E-state index in [4.69, 9.17) is 4.74 Å². The van der Waals surface area contributed by atoms with Gasteiger partial charge < -0.3 is 4.74 Å². The van der Waals surface area contributed by atoms with Crippen molar-refractivity contribution in [3.05, 3.63) is 59.9 Å². The summed E-state index contributed by atoms with van der Waals surface area (Å²) in [5, 5.41) is 0. The van der Waals surface area contributed by atoms with Gasteiger partial charge in [-0.3, -0.25) is 9.78 Å². The van der Waals surface area contributed by atoms with E-state index in [2.05, 4.69) is 4.98 Å². The molecule has 0 unspecified atom stereocenters. The number of aromatic nitrogens is 1. The molecule has 7 heteroatoms. The molecule has 0 bridgehead atoms. The Balaban J connectivity index is 2.03. The molecule has 0 saturated carbocycles. The van der Waals surface area contributed by atoms with Crippen molar-refractivity contribution in [1.29, 1.82) is 0 Å². The number of benzene rings is 1. The third-order valence-corrected chi connectivity index (χ3v) is 5.82. The van der Waals surface area contributed by atoms with Crippen LogP contribution in [0.3, 0.4) is 0 Å². The Morgan fingerprint density at radius 3 is 2.61 bits per heavy atom. The largest absolute Gasteiger partial charge is 0.469 e. The first-order chi connectivity index (χ1) is 11.0. The SMILES string of the molecule is COC(=O)C[C@H]1c2ccccc2S(=O)(=O)N1Cc1ccncc1. The van der Waals surface area contributed by atoms with Gasteiger partial charge in [-0.15, -0.1) is 0 Å². The molecule has 3 rings (SSSR count). The summed E-state index contributed by atoms with van der Waals surface area (Å²) in [5.74, 6) is -0.443. The van der Waals surface area contributed by atoms with Gasteiger partial charge in [0.05, 0.1) is 24.5 Å². The number of carbonyl (C=O) groups excluding carboxylic acids is 1. The quantitative estimate of drug-likeness (QED) is 0.799. The third-order valence-electron chi connectivity index (χ3n) is 3.89. The monoisotopic (exact) mass is 332 g/mol. The molecule has 0 amide bonds. The van der Waals surface area contributed by atoms with Crippen molar-refractivity contribution in [3.8, 4) is 0 Å². The van der Waals surface area contributed by atoms with Crippen LogP contribution in [0.15, 0.2) is 53.7 Å². The second-order valence-electron chi connectivity index (χ2n) is 5.24. The minimum Gasteiger partial charge on any atom is -0.469 e. The molecule has 0 radical (unpaired) electrons. The van der Waals surface area contributed by atoms with Crippen molar-refractivity contribution in [2.24, 2.45) is 0 Å². The molecule has 23 heavy (non-hydrogen) atoms. The van der Waals surface area contributed by atoms with E-state index in [1.165, 1.54) is 11.4 Å². The van der Waals surface area contributed by atoms with Gasteiger partial charge in [-0.1, -0.05) is 18.2 Å². The minimum absolute atomic E-state index is 0.0160. The van der Waals surface area contributed by atoms with Crippen LogP contribution in [-0.2, 0) is 26.1 Å². The Hall–Kier alpha value is -2.25. The second kappa shape index (κ2) is 6.10.